The summed E-state index contributed by atoms with van der Waals surface area (Å²) in [5, 5.41) is 5.86. The summed E-state index contributed by atoms with van der Waals surface area (Å²) in [6.45, 7) is 12.4. The molecule has 1 fully saturated rings. The number of aryl methyl sites for hydroxylation is 2. The molecule has 43 heavy (non-hydrogen) atoms. The first-order chi connectivity index (χ1) is 20.3. The van der Waals surface area contributed by atoms with Crippen molar-refractivity contribution in [1.29, 1.82) is 0 Å². The Morgan fingerprint density at radius 1 is 0.930 bits per heavy atom. The molecule has 2 aromatic carbocycles. The number of benzene rings is 2. The predicted molar refractivity (Wildman–Crippen MR) is 171 cm³/mol. The third-order valence-electron chi connectivity index (χ3n) is 6.86. The fraction of sp³-hybridized carbons (Fsp3) is 0.529. The average Bonchev–Trinajstić information content (AvgIpc) is 3.70. The number of ether oxygens (including phenoxy) is 1. The molecule has 238 valence electrons. The minimum absolute atomic E-state index is 0.0862. The van der Waals surface area contributed by atoms with Gasteiger partial charge in [0, 0.05) is 12.5 Å². The highest BCUT2D eigenvalue weighted by Crippen LogP contribution is 2.29. The number of epoxide rings is 1. The number of amides is 3. The van der Waals surface area contributed by atoms with Crippen LogP contribution in [-0.4, -0.2) is 54.3 Å². The van der Waals surface area contributed by atoms with E-state index in [9.17, 15) is 14.4 Å². The molecule has 0 aromatic heterocycles. The molecule has 0 radical (unpaired) electrons. The Kier molecular flexibility index (Phi) is 17.1. The van der Waals surface area contributed by atoms with Gasteiger partial charge in [0.1, 0.15) is 5.60 Å². The Morgan fingerprint density at radius 3 is 1.88 bits per heavy atom. The highest BCUT2D eigenvalue weighted by Gasteiger charge is 2.50. The average molecular weight is 597 g/mol. The maximum absolute atomic E-state index is 12.9. The van der Waals surface area contributed by atoms with E-state index in [4.69, 9.17) is 15.3 Å². The van der Waals surface area contributed by atoms with Gasteiger partial charge in [0.25, 0.3) is 0 Å². The van der Waals surface area contributed by atoms with Gasteiger partial charge in [-0.05, 0) is 56.9 Å². The number of carbonyl (C=O) groups is 4. The van der Waals surface area contributed by atoms with E-state index in [-0.39, 0.29) is 48.3 Å². The van der Waals surface area contributed by atoms with Gasteiger partial charge >= 0.3 is 0 Å². The summed E-state index contributed by atoms with van der Waals surface area (Å²) in [5.74, 6) is -0.0528. The molecular weight excluding hydrogens is 544 g/mol. The molecule has 3 unspecified atom stereocenters. The molecule has 9 nitrogen and oxygen atoms in total. The summed E-state index contributed by atoms with van der Waals surface area (Å²) >= 11 is 0. The maximum atomic E-state index is 12.9. The quantitative estimate of drug-likeness (QED) is 0.192. The molecule has 3 rings (SSSR count). The molecule has 1 aliphatic heterocycles. The molecule has 0 saturated carbocycles. The maximum Gasteiger partial charge on any atom is 0.237 e. The van der Waals surface area contributed by atoms with Crippen LogP contribution < -0.4 is 22.1 Å². The van der Waals surface area contributed by atoms with Gasteiger partial charge in [0.2, 0.25) is 18.2 Å². The second-order valence-electron chi connectivity index (χ2n) is 12.1. The third-order valence-corrected chi connectivity index (χ3v) is 6.86. The van der Waals surface area contributed by atoms with E-state index in [1.165, 1.54) is 5.56 Å². The Balaban J connectivity index is 0.000000784. The lowest BCUT2D eigenvalue weighted by Crippen LogP contribution is -2.50. The van der Waals surface area contributed by atoms with Gasteiger partial charge in [-0.3, -0.25) is 19.2 Å². The number of ketones is 1. The van der Waals surface area contributed by atoms with Crippen molar-refractivity contribution < 1.29 is 23.9 Å². The zero-order valence-electron chi connectivity index (χ0n) is 26.7. The van der Waals surface area contributed by atoms with Crippen LogP contribution in [0.25, 0.3) is 0 Å². The van der Waals surface area contributed by atoms with E-state index in [1.807, 2.05) is 76.2 Å². The van der Waals surface area contributed by atoms with Crippen LogP contribution in [0.1, 0.15) is 71.4 Å². The number of nitrogens with two attached hydrogens (primary N) is 2. The summed E-state index contributed by atoms with van der Waals surface area (Å²) in [6.07, 6.45) is 2.79. The fourth-order valence-electron chi connectivity index (χ4n) is 4.50. The van der Waals surface area contributed by atoms with Crippen molar-refractivity contribution in [3.63, 3.8) is 0 Å². The van der Waals surface area contributed by atoms with Crippen LogP contribution in [0.5, 0.6) is 0 Å². The number of hydrogen-bond acceptors (Lipinski definition) is 6. The fourth-order valence-corrected chi connectivity index (χ4v) is 4.50. The number of nitrogens with one attached hydrogen (secondary N) is 2. The van der Waals surface area contributed by atoms with Crippen molar-refractivity contribution in [3.05, 3.63) is 71.8 Å². The standard InChI is InChI=1S/C26H41N3O4.C7H8.CH3NO/c1-17(2)13-20(28-25(32)21(27)12-11-19-9-7-6-8-10-19)15-23(30)29-22(14-18(3)4)24(31)26(5)16-33-26;1-7-5-3-2-4-6-7;2-1-3/h6-10,17-18,20-22H,11-16,27H2,1-5H3,(H,28,32)(H,29,30);2-6H,1H3;1H,(H2,2,3)/t20?,21-,22?,26?;;/m0../s1. The lowest BCUT2D eigenvalue weighted by atomic mass is 9.93. The van der Waals surface area contributed by atoms with E-state index < -0.39 is 17.7 Å². The van der Waals surface area contributed by atoms with Crippen molar-refractivity contribution in [1.82, 2.24) is 10.6 Å². The van der Waals surface area contributed by atoms with Gasteiger partial charge in [0.15, 0.2) is 5.78 Å². The van der Waals surface area contributed by atoms with E-state index in [0.29, 0.717) is 32.3 Å². The van der Waals surface area contributed by atoms with Gasteiger partial charge in [-0.25, -0.2) is 0 Å². The number of hydrogen-bond donors (Lipinski definition) is 4. The molecule has 1 saturated heterocycles. The van der Waals surface area contributed by atoms with Gasteiger partial charge in [-0.2, -0.15) is 0 Å². The summed E-state index contributed by atoms with van der Waals surface area (Å²) in [7, 11) is 0. The Bertz CT molecular complexity index is 1100. The lowest BCUT2D eigenvalue weighted by Gasteiger charge is -2.25. The van der Waals surface area contributed by atoms with Crippen LogP contribution in [0.3, 0.4) is 0 Å². The Labute approximate surface area is 257 Å². The molecule has 0 spiro atoms. The molecule has 0 bridgehead atoms. The molecule has 6 N–H and O–H groups in total. The normalized spacial score (nSPS) is 17.2. The van der Waals surface area contributed by atoms with Gasteiger partial charge in [-0.15, -0.1) is 0 Å². The summed E-state index contributed by atoms with van der Waals surface area (Å²) in [5.41, 5.74) is 12.0. The van der Waals surface area contributed by atoms with Gasteiger partial charge in [-0.1, -0.05) is 93.9 Å². The van der Waals surface area contributed by atoms with E-state index in [0.717, 1.165) is 5.56 Å². The van der Waals surface area contributed by atoms with Crippen LogP contribution in [0, 0.1) is 18.8 Å². The van der Waals surface area contributed by atoms with Crippen LogP contribution in [0.2, 0.25) is 0 Å². The first kappa shape index (κ1) is 37.5. The molecule has 1 heterocycles. The minimum atomic E-state index is -0.788. The Morgan fingerprint density at radius 2 is 1.44 bits per heavy atom. The summed E-state index contributed by atoms with van der Waals surface area (Å²) in [6, 6.07) is 18.6. The number of rotatable bonds is 14. The van der Waals surface area contributed by atoms with E-state index >= 15 is 0 Å². The number of Topliss-reactive ketones (excluding diaryl/α,β-unsaturated/α-hetero) is 1. The van der Waals surface area contributed by atoms with Crippen molar-refractivity contribution in [2.75, 3.05) is 6.61 Å². The number of carbonyl (C=O) groups excluding carboxylic acids is 4. The van der Waals surface area contributed by atoms with E-state index in [2.05, 4.69) is 35.4 Å². The number of primary amides is 1. The zero-order chi connectivity index (χ0) is 32.4. The van der Waals surface area contributed by atoms with Gasteiger partial charge in [0.05, 0.1) is 18.7 Å². The second-order valence-corrected chi connectivity index (χ2v) is 12.1. The van der Waals surface area contributed by atoms with Crippen LogP contribution >= 0.6 is 0 Å². The van der Waals surface area contributed by atoms with E-state index in [1.54, 1.807) is 6.92 Å². The summed E-state index contributed by atoms with van der Waals surface area (Å²) in [4.78, 5) is 46.9. The molecule has 1 aliphatic rings. The smallest absolute Gasteiger partial charge is 0.237 e. The van der Waals surface area contributed by atoms with Crippen molar-refractivity contribution in [3.8, 4) is 0 Å². The van der Waals surface area contributed by atoms with Crippen molar-refractivity contribution in [2.24, 2.45) is 23.3 Å². The van der Waals surface area contributed by atoms with Crippen LogP contribution in [0.15, 0.2) is 60.7 Å². The van der Waals surface area contributed by atoms with Crippen molar-refractivity contribution >= 4 is 24.0 Å². The van der Waals surface area contributed by atoms with Crippen LogP contribution in [-0.2, 0) is 30.3 Å². The third kappa shape index (κ3) is 16.0. The second kappa shape index (κ2) is 19.6. The topological polar surface area (TPSA) is 157 Å². The zero-order valence-corrected chi connectivity index (χ0v) is 26.7. The van der Waals surface area contributed by atoms with Crippen LogP contribution in [0.4, 0.5) is 0 Å². The first-order valence-corrected chi connectivity index (χ1v) is 15.1. The SMILES string of the molecule is CC(C)CC(CC(=O)NC(CC(C)C)C(=O)C1(C)CO1)NC(=O)[C@@H](N)CCc1ccccc1.Cc1ccccc1.NC=O. The van der Waals surface area contributed by atoms with Gasteiger partial charge < -0.3 is 26.8 Å². The lowest BCUT2D eigenvalue weighted by molar-refractivity contribution is -0.131. The first-order valence-electron chi connectivity index (χ1n) is 15.1. The molecule has 4 atom stereocenters. The Hall–Kier alpha value is -3.56. The van der Waals surface area contributed by atoms with Crippen molar-refractivity contribution in [2.45, 2.75) is 97.4 Å². The summed E-state index contributed by atoms with van der Waals surface area (Å²) < 4.78 is 5.30. The molecule has 9 heteroatoms. The molecule has 3 amide bonds. The molecule has 2 aromatic rings. The monoisotopic (exact) mass is 596 g/mol. The highest BCUT2D eigenvalue weighted by molar-refractivity contribution is 5.96. The highest BCUT2D eigenvalue weighted by atomic mass is 16.6. The largest absolute Gasteiger partial charge is 0.372 e. The predicted octanol–water partition coefficient (Wildman–Crippen LogP) is 3.85. The molecular formula is C34H52N4O5. The minimum Gasteiger partial charge on any atom is -0.372 e. The molecule has 0 aliphatic carbocycles.